The van der Waals surface area contributed by atoms with Gasteiger partial charge in [0.05, 0.1) is 0 Å². The fourth-order valence-corrected chi connectivity index (χ4v) is 1.06. The molecule has 11 heavy (non-hydrogen) atoms. The summed E-state index contributed by atoms with van der Waals surface area (Å²) in [6, 6.07) is 0. The first-order chi connectivity index (χ1) is 5.41. The van der Waals surface area contributed by atoms with Crippen LogP contribution in [0.25, 0.3) is 0 Å². The highest BCUT2D eigenvalue weighted by atomic mass is 16.5. The molecule has 0 aromatic carbocycles. The van der Waals surface area contributed by atoms with Crippen LogP contribution in [0.3, 0.4) is 0 Å². The van der Waals surface area contributed by atoms with Gasteiger partial charge in [-0.2, -0.15) is 0 Å². The molecule has 67 valence electrons. The van der Waals surface area contributed by atoms with Crippen molar-refractivity contribution in [1.29, 1.82) is 0 Å². The normalized spacial score (nSPS) is 10.4. The van der Waals surface area contributed by atoms with Crippen molar-refractivity contribution >= 4 is 0 Å². The van der Waals surface area contributed by atoms with Crippen molar-refractivity contribution in [3.8, 4) is 0 Å². The molecule has 0 saturated carbocycles. The number of rotatable bonds is 8. The lowest BCUT2D eigenvalue weighted by Crippen LogP contribution is -1.88. The van der Waals surface area contributed by atoms with Crippen LogP contribution in [0.2, 0.25) is 0 Å². The summed E-state index contributed by atoms with van der Waals surface area (Å²) in [7, 11) is 1.75. The molecule has 0 heterocycles. The average Bonchev–Trinajstić information content (AvgIpc) is 2.03. The second-order valence-corrected chi connectivity index (χ2v) is 2.92. The molecule has 0 atom stereocenters. The molecule has 0 N–H and O–H groups in total. The summed E-state index contributed by atoms with van der Waals surface area (Å²) in [6.45, 7) is 3.13. The summed E-state index contributed by atoms with van der Waals surface area (Å²) in [4.78, 5) is 0. The van der Waals surface area contributed by atoms with Gasteiger partial charge in [0.25, 0.3) is 0 Å². The highest BCUT2D eigenvalue weighted by Gasteiger charge is 1.89. The predicted octanol–water partition coefficient (Wildman–Crippen LogP) is 3.20. The Morgan fingerprint density at radius 3 is 2.55 bits per heavy atom. The Morgan fingerprint density at radius 1 is 1.09 bits per heavy atom. The van der Waals surface area contributed by atoms with Crippen molar-refractivity contribution in [3.05, 3.63) is 6.42 Å². The van der Waals surface area contributed by atoms with E-state index in [0.717, 1.165) is 13.0 Å². The van der Waals surface area contributed by atoms with Gasteiger partial charge in [0.15, 0.2) is 0 Å². The van der Waals surface area contributed by atoms with Gasteiger partial charge >= 0.3 is 0 Å². The minimum Gasteiger partial charge on any atom is -0.385 e. The van der Waals surface area contributed by atoms with E-state index in [2.05, 4.69) is 13.3 Å². The molecule has 0 saturated heterocycles. The number of methoxy groups -OCH3 is 1. The Kier molecular flexibility index (Phi) is 9.92. The van der Waals surface area contributed by atoms with Crippen molar-refractivity contribution in [1.82, 2.24) is 0 Å². The second kappa shape index (κ2) is 9.96. The molecular weight excluding hydrogens is 136 g/mol. The molecule has 0 spiro atoms. The Morgan fingerprint density at radius 2 is 1.91 bits per heavy atom. The van der Waals surface area contributed by atoms with Crippen molar-refractivity contribution in [2.45, 2.75) is 45.4 Å². The summed E-state index contributed by atoms with van der Waals surface area (Å²) < 4.78 is 4.94. The Labute approximate surface area is 71.1 Å². The maximum atomic E-state index is 4.94. The largest absolute Gasteiger partial charge is 0.385 e. The number of ether oxygens (including phenoxy) is 1. The van der Waals surface area contributed by atoms with Crippen LogP contribution in [-0.4, -0.2) is 13.7 Å². The monoisotopic (exact) mass is 157 g/mol. The predicted molar refractivity (Wildman–Crippen MR) is 49.6 cm³/mol. The zero-order valence-corrected chi connectivity index (χ0v) is 7.94. The highest BCUT2D eigenvalue weighted by molar-refractivity contribution is 4.63. The quantitative estimate of drug-likeness (QED) is 0.492. The molecule has 0 amide bonds. The Hall–Kier alpha value is -0.0400. The summed E-state index contributed by atoms with van der Waals surface area (Å²) in [6.07, 6.45) is 10.2. The van der Waals surface area contributed by atoms with Crippen LogP contribution in [0, 0.1) is 6.42 Å². The van der Waals surface area contributed by atoms with Crippen LogP contribution in [-0.2, 0) is 4.74 Å². The number of hydrogen-bond donors (Lipinski definition) is 0. The van der Waals surface area contributed by atoms with Gasteiger partial charge in [0, 0.05) is 13.7 Å². The van der Waals surface area contributed by atoms with E-state index in [1.165, 1.54) is 32.1 Å². The zero-order valence-electron chi connectivity index (χ0n) is 7.94. The van der Waals surface area contributed by atoms with E-state index >= 15 is 0 Å². The van der Waals surface area contributed by atoms with E-state index in [9.17, 15) is 0 Å². The van der Waals surface area contributed by atoms with Crippen molar-refractivity contribution in [3.63, 3.8) is 0 Å². The molecule has 0 aliphatic rings. The number of hydrogen-bond acceptors (Lipinski definition) is 1. The van der Waals surface area contributed by atoms with Crippen LogP contribution in [0.15, 0.2) is 0 Å². The third-order valence-corrected chi connectivity index (χ3v) is 1.79. The summed E-state index contributed by atoms with van der Waals surface area (Å²) in [5, 5.41) is 0. The molecule has 0 bridgehead atoms. The smallest absolute Gasteiger partial charge is 0.0465 e. The van der Waals surface area contributed by atoms with E-state index in [1.54, 1.807) is 7.11 Å². The molecule has 0 unspecified atom stereocenters. The molecule has 0 aromatic rings. The van der Waals surface area contributed by atoms with Gasteiger partial charge in [-0.3, -0.25) is 0 Å². The molecule has 0 aliphatic heterocycles. The van der Waals surface area contributed by atoms with Gasteiger partial charge in [-0.05, 0) is 12.8 Å². The first kappa shape index (κ1) is 11.0. The molecule has 1 radical (unpaired) electrons. The fraction of sp³-hybridized carbons (Fsp3) is 0.900. The van der Waals surface area contributed by atoms with Crippen LogP contribution < -0.4 is 0 Å². The fourth-order valence-electron chi connectivity index (χ4n) is 1.06. The second-order valence-electron chi connectivity index (χ2n) is 2.92. The first-order valence-electron chi connectivity index (χ1n) is 4.72. The van der Waals surface area contributed by atoms with Gasteiger partial charge in [0.2, 0.25) is 0 Å². The van der Waals surface area contributed by atoms with Crippen molar-refractivity contribution in [2.24, 2.45) is 0 Å². The van der Waals surface area contributed by atoms with E-state index in [4.69, 9.17) is 4.74 Å². The molecule has 1 nitrogen and oxygen atoms in total. The lowest BCUT2D eigenvalue weighted by molar-refractivity contribution is 0.200. The molecule has 0 aliphatic carbocycles. The highest BCUT2D eigenvalue weighted by Crippen LogP contribution is 2.05. The van der Waals surface area contributed by atoms with Crippen LogP contribution in [0.4, 0.5) is 0 Å². The topological polar surface area (TPSA) is 9.23 Å². The number of unbranched alkanes of at least 4 members (excludes halogenated alkanes) is 6. The SMILES string of the molecule is CCCCCC[CH]CCOC. The van der Waals surface area contributed by atoms with Gasteiger partial charge in [-0.15, -0.1) is 0 Å². The minimum atomic E-state index is 0.883. The summed E-state index contributed by atoms with van der Waals surface area (Å²) in [5.74, 6) is 0. The molecule has 0 aromatic heterocycles. The summed E-state index contributed by atoms with van der Waals surface area (Å²) in [5.41, 5.74) is 0. The van der Waals surface area contributed by atoms with E-state index < -0.39 is 0 Å². The maximum absolute atomic E-state index is 4.94. The van der Waals surface area contributed by atoms with Crippen molar-refractivity contribution < 1.29 is 4.74 Å². The Bertz CT molecular complexity index is 53.9. The van der Waals surface area contributed by atoms with E-state index in [-0.39, 0.29) is 0 Å². The third-order valence-electron chi connectivity index (χ3n) is 1.79. The summed E-state index contributed by atoms with van der Waals surface area (Å²) >= 11 is 0. The third kappa shape index (κ3) is 9.96. The van der Waals surface area contributed by atoms with E-state index in [1.807, 2.05) is 0 Å². The lowest BCUT2D eigenvalue weighted by Gasteiger charge is -1.99. The van der Waals surface area contributed by atoms with Gasteiger partial charge in [0.1, 0.15) is 0 Å². The van der Waals surface area contributed by atoms with E-state index in [0.29, 0.717) is 0 Å². The van der Waals surface area contributed by atoms with Gasteiger partial charge < -0.3 is 4.74 Å². The maximum Gasteiger partial charge on any atom is 0.0465 e. The minimum absolute atomic E-state index is 0.883. The van der Waals surface area contributed by atoms with Crippen LogP contribution >= 0.6 is 0 Å². The van der Waals surface area contributed by atoms with Crippen molar-refractivity contribution in [2.75, 3.05) is 13.7 Å². The average molecular weight is 157 g/mol. The molecular formula is C10H21O. The van der Waals surface area contributed by atoms with Crippen LogP contribution in [0.1, 0.15) is 45.4 Å². The Balaban J connectivity index is 2.69. The molecule has 0 fully saturated rings. The van der Waals surface area contributed by atoms with Gasteiger partial charge in [-0.25, -0.2) is 0 Å². The molecule has 1 heteroatoms. The lowest BCUT2D eigenvalue weighted by atomic mass is 10.1. The standard InChI is InChI=1S/C10H21O/c1-3-4-5-6-7-8-9-10-11-2/h8H,3-7,9-10H2,1-2H3. The first-order valence-corrected chi connectivity index (χ1v) is 4.72. The van der Waals surface area contributed by atoms with Gasteiger partial charge in [-0.1, -0.05) is 39.0 Å². The molecule has 0 rings (SSSR count). The van der Waals surface area contributed by atoms with Crippen LogP contribution in [0.5, 0.6) is 0 Å². The zero-order chi connectivity index (χ0) is 8.36.